The van der Waals surface area contributed by atoms with Crippen molar-refractivity contribution in [2.75, 3.05) is 23.8 Å². The molecule has 31 heavy (non-hydrogen) atoms. The third-order valence-electron chi connectivity index (χ3n) is 5.03. The number of anilines is 1. The third kappa shape index (κ3) is 4.91. The molecule has 0 saturated carbocycles. The number of benzene rings is 2. The molecule has 0 aliphatic carbocycles. The monoisotopic (exact) mass is 466 g/mol. The average molecular weight is 467 g/mol. The Balaban J connectivity index is 1.59. The van der Waals surface area contributed by atoms with Gasteiger partial charge in [0.2, 0.25) is 5.91 Å². The second-order valence-electron chi connectivity index (χ2n) is 7.25. The molecular weight excluding hydrogens is 446 g/mol. The van der Waals surface area contributed by atoms with Crippen LogP contribution >= 0.6 is 11.3 Å². The quantitative estimate of drug-likeness (QED) is 0.527. The lowest BCUT2D eigenvalue weighted by Crippen LogP contribution is -2.38. The molecule has 0 spiro atoms. The second-order valence-corrected chi connectivity index (χ2v) is 10.4. The van der Waals surface area contributed by atoms with E-state index in [1.165, 1.54) is 17.0 Å². The number of hydrogen-bond donors (Lipinski definition) is 0. The van der Waals surface area contributed by atoms with Crippen LogP contribution in [0.2, 0.25) is 0 Å². The molecule has 1 fully saturated rings. The minimum atomic E-state index is -3.64. The number of aromatic nitrogens is 1. The molecule has 1 saturated heterocycles. The van der Waals surface area contributed by atoms with E-state index in [0.717, 1.165) is 36.3 Å². The number of thiazole rings is 1. The van der Waals surface area contributed by atoms with Gasteiger partial charge in [-0.15, -0.1) is 0 Å². The molecule has 0 N–H and O–H groups in total. The molecule has 6 nitrogen and oxygen atoms in total. The number of rotatable bonds is 7. The van der Waals surface area contributed by atoms with E-state index in [0.29, 0.717) is 6.61 Å². The normalized spacial score (nSPS) is 16.6. The number of fused-ring (bicyclic) bond motifs is 1. The maximum absolute atomic E-state index is 14.1. The smallest absolute Gasteiger partial charge is 0.229 e. The van der Waals surface area contributed by atoms with E-state index >= 15 is 0 Å². The first-order chi connectivity index (χ1) is 14.8. The standard InChI is InChI=1S/C21H20F2N2O4S2/c22-14-11-17(23)20-18(12-14)30-21(24-20)25(13-15-5-4-9-29-15)19(26)8-10-31(27,28)16-6-2-1-3-7-16/h1-3,6-7,11-12,15H,4-5,8-10,13H2. The summed E-state index contributed by atoms with van der Waals surface area (Å²) in [5.41, 5.74) is -0.0246. The maximum Gasteiger partial charge on any atom is 0.229 e. The lowest BCUT2D eigenvalue weighted by Gasteiger charge is -2.23. The molecule has 1 unspecified atom stereocenters. The lowest BCUT2D eigenvalue weighted by molar-refractivity contribution is -0.118. The first kappa shape index (κ1) is 21.8. The molecule has 10 heteroatoms. The fourth-order valence-electron chi connectivity index (χ4n) is 3.44. The number of nitrogens with zero attached hydrogens (tertiary/aromatic N) is 2. The summed E-state index contributed by atoms with van der Waals surface area (Å²) in [4.78, 5) is 18.7. The Bertz CT molecular complexity index is 1190. The van der Waals surface area contributed by atoms with E-state index in [-0.39, 0.29) is 45.1 Å². The third-order valence-corrected chi connectivity index (χ3v) is 7.79. The molecule has 1 amide bonds. The van der Waals surface area contributed by atoms with Crippen LogP contribution in [0.25, 0.3) is 10.2 Å². The van der Waals surface area contributed by atoms with Crippen LogP contribution in [0.5, 0.6) is 0 Å². The van der Waals surface area contributed by atoms with E-state index in [2.05, 4.69) is 4.98 Å². The van der Waals surface area contributed by atoms with Crippen LogP contribution in [0, 0.1) is 11.6 Å². The fraction of sp³-hybridized carbons (Fsp3) is 0.333. The van der Waals surface area contributed by atoms with Crippen LogP contribution in [0.1, 0.15) is 19.3 Å². The highest BCUT2D eigenvalue weighted by Gasteiger charge is 2.28. The summed E-state index contributed by atoms with van der Waals surface area (Å²) in [5, 5.41) is 0.192. The molecule has 4 rings (SSSR count). The number of amides is 1. The van der Waals surface area contributed by atoms with Gasteiger partial charge in [0.25, 0.3) is 0 Å². The molecule has 1 aliphatic heterocycles. The van der Waals surface area contributed by atoms with Gasteiger partial charge >= 0.3 is 0 Å². The summed E-state index contributed by atoms with van der Waals surface area (Å²) < 4.78 is 58.7. The number of sulfone groups is 1. The molecule has 1 aromatic heterocycles. The van der Waals surface area contributed by atoms with Gasteiger partial charge in [-0.2, -0.15) is 0 Å². The van der Waals surface area contributed by atoms with Gasteiger partial charge in [0.1, 0.15) is 11.3 Å². The number of ether oxygens (including phenoxy) is 1. The van der Waals surface area contributed by atoms with Crippen molar-refractivity contribution >= 4 is 42.4 Å². The predicted molar refractivity (Wildman–Crippen MR) is 114 cm³/mol. The Hall–Kier alpha value is -2.43. The predicted octanol–water partition coefficient (Wildman–Crippen LogP) is 3.95. The summed E-state index contributed by atoms with van der Waals surface area (Å²) in [6.07, 6.45) is 1.12. The summed E-state index contributed by atoms with van der Waals surface area (Å²) in [6, 6.07) is 9.81. The van der Waals surface area contributed by atoms with Crippen molar-refractivity contribution in [1.82, 2.24) is 4.98 Å². The number of hydrogen-bond acceptors (Lipinski definition) is 6. The Morgan fingerprint density at radius 3 is 2.71 bits per heavy atom. The molecule has 3 aromatic rings. The zero-order valence-corrected chi connectivity index (χ0v) is 18.1. The molecule has 2 aromatic carbocycles. The Kier molecular flexibility index (Phi) is 6.31. The highest BCUT2D eigenvalue weighted by molar-refractivity contribution is 7.91. The molecule has 164 valence electrons. The first-order valence-corrected chi connectivity index (χ1v) is 12.3. The van der Waals surface area contributed by atoms with E-state index in [1.807, 2.05) is 0 Å². The minimum absolute atomic E-state index is 0.0246. The van der Waals surface area contributed by atoms with Crippen molar-refractivity contribution in [2.24, 2.45) is 0 Å². The Morgan fingerprint density at radius 2 is 2.00 bits per heavy atom. The SMILES string of the molecule is O=C(CCS(=O)(=O)c1ccccc1)N(CC1CCCO1)c1nc2c(F)cc(F)cc2s1. The van der Waals surface area contributed by atoms with Crippen molar-refractivity contribution in [3.8, 4) is 0 Å². The summed E-state index contributed by atoms with van der Waals surface area (Å²) in [7, 11) is -3.64. The van der Waals surface area contributed by atoms with Crippen LogP contribution in [-0.4, -0.2) is 44.3 Å². The van der Waals surface area contributed by atoms with Gasteiger partial charge in [0.15, 0.2) is 20.8 Å². The fourth-order valence-corrected chi connectivity index (χ4v) is 5.72. The maximum atomic E-state index is 14.1. The summed E-state index contributed by atoms with van der Waals surface area (Å²) in [5.74, 6) is -2.37. The van der Waals surface area contributed by atoms with E-state index in [4.69, 9.17) is 4.74 Å². The van der Waals surface area contributed by atoms with Gasteiger partial charge in [-0.1, -0.05) is 29.5 Å². The van der Waals surface area contributed by atoms with Crippen LogP contribution in [0.4, 0.5) is 13.9 Å². The van der Waals surface area contributed by atoms with Crippen LogP contribution in [0.3, 0.4) is 0 Å². The van der Waals surface area contributed by atoms with Gasteiger partial charge in [-0.25, -0.2) is 22.2 Å². The van der Waals surface area contributed by atoms with Gasteiger partial charge < -0.3 is 4.74 Å². The second kappa shape index (κ2) is 8.97. The zero-order valence-electron chi connectivity index (χ0n) is 16.5. The number of halogens is 2. The van der Waals surface area contributed by atoms with Crippen molar-refractivity contribution in [1.29, 1.82) is 0 Å². The van der Waals surface area contributed by atoms with E-state index in [1.54, 1.807) is 18.2 Å². The molecule has 0 radical (unpaired) electrons. The van der Waals surface area contributed by atoms with E-state index in [9.17, 15) is 22.0 Å². The summed E-state index contributed by atoms with van der Waals surface area (Å²) in [6.45, 7) is 0.753. The topological polar surface area (TPSA) is 76.6 Å². The molecule has 2 heterocycles. The highest BCUT2D eigenvalue weighted by Crippen LogP contribution is 2.32. The van der Waals surface area contributed by atoms with Crippen LogP contribution in [0.15, 0.2) is 47.4 Å². The van der Waals surface area contributed by atoms with Crippen molar-refractivity contribution in [3.63, 3.8) is 0 Å². The van der Waals surface area contributed by atoms with Gasteiger partial charge in [0.05, 0.1) is 28.0 Å². The molecule has 1 atom stereocenters. The minimum Gasteiger partial charge on any atom is -0.376 e. The number of carbonyl (C=O) groups excluding carboxylic acids is 1. The highest BCUT2D eigenvalue weighted by atomic mass is 32.2. The number of carbonyl (C=O) groups is 1. The van der Waals surface area contributed by atoms with Gasteiger partial charge in [0, 0.05) is 19.1 Å². The van der Waals surface area contributed by atoms with E-state index < -0.39 is 27.4 Å². The summed E-state index contributed by atoms with van der Waals surface area (Å²) >= 11 is 0.984. The first-order valence-electron chi connectivity index (χ1n) is 9.79. The zero-order chi connectivity index (χ0) is 22.0. The molecule has 0 bridgehead atoms. The van der Waals surface area contributed by atoms with Gasteiger partial charge in [-0.05, 0) is 31.0 Å². The largest absolute Gasteiger partial charge is 0.376 e. The van der Waals surface area contributed by atoms with Crippen LogP contribution in [-0.2, 0) is 19.4 Å². The molecule has 1 aliphatic rings. The Labute approximate surface area is 182 Å². The molecular formula is C21H20F2N2O4S2. The Morgan fingerprint density at radius 1 is 1.23 bits per heavy atom. The van der Waals surface area contributed by atoms with Crippen LogP contribution < -0.4 is 4.90 Å². The lowest BCUT2D eigenvalue weighted by atomic mass is 10.2. The van der Waals surface area contributed by atoms with Crippen molar-refractivity contribution in [3.05, 3.63) is 54.1 Å². The van der Waals surface area contributed by atoms with Crippen molar-refractivity contribution < 1.29 is 26.7 Å². The van der Waals surface area contributed by atoms with Gasteiger partial charge in [-0.3, -0.25) is 9.69 Å². The average Bonchev–Trinajstić information content (AvgIpc) is 3.40. The van der Waals surface area contributed by atoms with Crippen molar-refractivity contribution in [2.45, 2.75) is 30.3 Å².